The van der Waals surface area contributed by atoms with E-state index in [2.05, 4.69) is 15.5 Å². The van der Waals surface area contributed by atoms with E-state index >= 15 is 0 Å². The first-order valence-electron chi connectivity index (χ1n) is 11.6. The van der Waals surface area contributed by atoms with Crippen molar-refractivity contribution in [3.05, 3.63) is 53.6 Å². The Morgan fingerprint density at radius 1 is 1.29 bits per heavy atom. The van der Waals surface area contributed by atoms with Gasteiger partial charge in [-0.3, -0.25) is 5.01 Å². The van der Waals surface area contributed by atoms with Crippen molar-refractivity contribution in [2.24, 2.45) is 5.10 Å². The van der Waals surface area contributed by atoms with Gasteiger partial charge in [-0.2, -0.15) is 10.2 Å². The Bertz CT molecular complexity index is 1160. The molecular formula is C24H28F2N6O2. The van der Waals surface area contributed by atoms with Crippen LogP contribution in [0.4, 0.5) is 14.6 Å². The van der Waals surface area contributed by atoms with Gasteiger partial charge in [-0.25, -0.2) is 18.3 Å². The summed E-state index contributed by atoms with van der Waals surface area (Å²) in [6.07, 6.45) is 8.86. The molecule has 2 aromatic heterocycles. The van der Waals surface area contributed by atoms with Crippen molar-refractivity contribution in [2.75, 3.05) is 31.7 Å². The molecule has 3 aromatic rings. The molecule has 0 bridgehead atoms. The van der Waals surface area contributed by atoms with Gasteiger partial charge in [0.2, 0.25) is 0 Å². The maximum Gasteiger partial charge on any atom is 0.161 e. The van der Waals surface area contributed by atoms with E-state index < -0.39 is 6.67 Å². The molecule has 0 spiro atoms. The van der Waals surface area contributed by atoms with Crippen molar-refractivity contribution < 1.29 is 18.3 Å². The third-order valence-corrected chi connectivity index (χ3v) is 6.20. The van der Waals surface area contributed by atoms with Crippen LogP contribution in [0.1, 0.15) is 49.3 Å². The zero-order chi connectivity index (χ0) is 23.5. The highest BCUT2D eigenvalue weighted by Crippen LogP contribution is 2.30. The molecule has 0 aliphatic carbocycles. The van der Waals surface area contributed by atoms with Crippen LogP contribution in [-0.2, 0) is 4.74 Å². The molecule has 5 rings (SSSR count). The van der Waals surface area contributed by atoms with Crippen molar-refractivity contribution in [3.63, 3.8) is 0 Å². The molecular weight excluding hydrogens is 442 g/mol. The molecule has 4 heterocycles. The largest absolute Gasteiger partial charge is 0.490 e. The van der Waals surface area contributed by atoms with Gasteiger partial charge in [-0.15, -0.1) is 0 Å². The molecule has 1 N–H and O–H groups in total. The van der Waals surface area contributed by atoms with E-state index in [1.165, 1.54) is 18.2 Å². The van der Waals surface area contributed by atoms with E-state index in [0.717, 1.165) is 43.6 Å². The quantitative estimate of drug-likeness (QED) is 0.529. The highest BCUT2D eigenvalue weighted by atomic mass is 19.1. The average molecular weight is 471 g/mol. The standard InChI is InChI=1S/C24H28F2N6O2/c1-16(19-12-18(26)5-6-21(19)33-11-8-25)29-22-7-9-31-24(30-22)20(14-28-31)17-13-27-32(15-17)23-4-2-3-10-34-23/h5-7,9,12-14,16-17,23H,2-4,8,10-11,15H2,1H3,(H,29,30). The maximum absolute atomic E-state index is 13.9. The number of anilines is 1. The predicted octanol–water partition coefficient (Wildman–Crippen LogP) is 4.30. The Labute approximate surface area is 196 Å². The molecule has 0 radical (unpaired) electrons. The SMILES string of the molecule is CC(Nc1ccn2ncc(C3C=NN(C4CCCCO4)C3)c2n1)c1cc(F)ccc1OCCF. The summed E-state index contributed by atoms with van der Waals surface area (Å²) in [6, 6.07) is 5.71. The molecule has 8 nitrogen and oxygen atoms in total. The number of benzene rings is 1. The number of hydrazone groups is 1. The number of ether oxygens (including phenoxy) is 2. The summed E-state index contributed by atoms with van der Waals surface area (Å²) in [5, 5.41) is 14.4. The molecule has 1 saturated heterocycles. The highest BCUT2D eigenvalue weighted by molar-refractivity contribution is 5.74. The van der Waals surface area contributed by atoms with Crippen LogP contribution in [0.15, 0.2) is 41.8 Å². The van der Waals surface area contributed by atoms with E-state index in [0.29, 0.717) is 17.1 Å². The molecule has 1 fully saturated rings. The Morgan fingerprint density at radius 3 is 3.03 bits per heavy atom. The van der Waals surface area contributed by atoms with E-state index in [1.54, 1.807) is 4.52 Å². The number of alkyl halides is 1. The van der Waals surface area contributed by atoms with Crippen LogP contribution in [0.3, 0.4) is 0 Å². The fourth-order valence-corrected chi connectivity index (χ4v) is 4.46. The lowest BCUT2D eigenvalue weighted by molar-refractivity contribution is -0.0816. The number of halogens is 2. The van der Waals surface area contributed by atoms with Crippen molar-refractivity contribution in [2.45, 2.75) is 44.4 Å². The van der Waals surface area contributed by atoms with Crippen molar-refractivity contribution in [1.29, 1.82) is 0 Å². The Morgan fingerprint density at radius 2 is 2.21 bits per heavy atom. The fourth-order valence-electron chi connectivity index (χ4n) is 4.46. The van der Waals surface area contributed by atoms with Crippen molar-refractivity contribution >= 4 is 17.7 Å². The van der Waals surface area contributed by atoms with Crippen LogP contribution in [-0.4, -0.2) is 58.5 Å². The lowest BCUT2D eigenvalue weighted by Crippen LogP contribution is -2.35. The van der Waals surface area contributed by atoms with Gasteiger partial charge in [0.25, 0.3) is 0 Å². The zero-order valence-electron chi connectivity index (χ0n) is 19.0. The number of nitrogens with zero attached hydrogens (tertiary/aromatic N) is 5. The number of nitrogens with one attached hydrogen (secondary N) is 1. The number of fused-ring (bicyclic) bond motifs is 1. The molecule has 1 aromatic carbocycles. The molecule has 180 valence electrons. The summed E-state index contributed by atoms with van der Waals surface area (Å²) in [7, 11) is 0. The van der Waals surface area contributed by atoms with E-state index in [9.17, 15) is 8.78 Å². The van der Waals surface area contributed by atoms with Gasteiger partial charge in [0.1, 0.15) is 36.9 Å². The van der Waals surface area contributed by atoms with Gasteiger partial charge >= 0.3 is 0 Å². The molecule has 0 saturated carbocycles. The second-order valence-electron chi connectivity index (χ2n) is 8.58. The molecule has 2 aliphatic rings. The number of hydrogen-bond donors (Lipinski definition) is 1. The van der Waals surface area contributed by atoms with Crippen LogP contribution in [0.5, 0.6) is 5.75 Å². The van der Waals surface area contributed by atoms with Crippen molar-refractivity contribution in [1.82, 2.24) is 19.6 Å². The van der Waals surface area contributed by atoms with Gasteiger partial charge in [0.15, 0.2) is 5.65 Å². The van der Waals surface area contributed by atoms with E-state index in [4.69, 9.17) is 14.5 Å². The normalized spacial score (nSPS) is 21.2. The van der Waals surface area contributed by atoms with Crippen LogP contribution in [0.2, 0.25) is 0 Å². The third kappa shape index (κ3) is 4.68. The average Bonchev–Trinajstić information content (AvgIpc) is 3.51. The lowest BCUT2D eigenvalue weighted by Gasteiger charge is -2.30. The molecule has 3 unspecified atom stereocenters. The van der Waals surface area contributed by atoms with Crippen LogP contribution < -0.4 is 10.1 Å². The number of hydrogen-bond acceptors (Lipinski definition) is 7. The number of aromatic nitrogens is 3. The van der Waals surface area contributed by atoms with Gasteiger partial charge < -0.3 is 14.8 Å². The summed E-state index contributed by atoms with van der Waals surface area (Å²) in [6.45, 7) is 2.68. The summed E-state index contributed by atoms with van der Waals surface area (Å²) in [5.74, 6) is 0.735. The van der Waals surface area contributed by atoms with Crippen LogP contribution in [0.25, 0.3) is 5.65 Å². The van der Waals surface area contributed by atoms with Gasteiger partial charge in [0, 0.05) is 36.1 Å². The first-order valence-corrected chi connectivity index (χ1v) is 11.6. The minimum Gasteiger partial charge on any atom is -0.490 e. The minimum atomic E-state index is -0.615. The molecule has 10 heteroatoms. The minimum absolute atomic E-state index is 0.0305. The van der Waals surface area contributed by atoms with Crippen molar-refractivity contribution in [3.8, 4) is 5.75 Å². The molecule has 3 atom stereocenters. The van der Waals surface area contributed by atoms with Gasteiger partial charge in [0.05, 0.1) is 18.8 Å². The smallest absolute Gasteiger partial charge is 0.161 e. The Kier molecular flexibility index (Phi) is 6.57. The third-order valence-electron chi connectivity index (χ3n) is 6.20. The second-order valence-corrected chi connectivity index (χ2v) is 8.58. The maximum atomic E-state index is 13.9. The van der Waals surface area contributed by atoms with Crippen LogP contribution >= 0.6 is 0 Å². The lowest BCUT2D eigenvalue weighted by atomic mass is 10.0. The second kappa shape index (κ2) is 9.92. The predicted molar refractivity (Wildman–Crippen MR) is 124 cm³/mol. The molecule has 34 heavy (non-hydrogen) atoms. The summed E-state index contributed by atoms with van der Waals surface area (Å²) in [5.41, 5.74) is 2.30. The Balaban J connectivity index is 1.34. The first-order chi connectivity index (χ1) is 16.6. The van der Waals surface area contributed by atoms with Gasteiger partial charge in [-0.05, 0) is 50.5 Å². The van der Waals surface area contributed by atoms with Crippen LogP contribution in [0, 0.1) is 5.82 Å². The summed E-state index contributed by atoms with van der Waals surface area (Å²) in [4.78, 5) is 4.78. The topological polar surface area (TPSA) is 76.3 Å². The monoisotopic (exact) mass is 470 g/mol. The molecule has 0 amide bonds. The van der Waals surface area contributed by atoms with E-state index in [1.807, 2.05) is 36.6 Å². The first kappa shape index (κ1) is 22.5. The Hall–Kier alpha value is -3.27. The molecule has 2 aliphatic heterocycles. The zero-order valence-corrected chi connectivity index (χ0v) is 19.0. The van der Waals surface area contributed by atoms with Gasteiger partial charge in [-0.1, -0.05) is 0 Å². The van der Waals surface area contributed by atoms with E-state index in [-0.39, 0.29) is 30.6 Å². The summed E-state index contributed by atoms with van der Waals surface area (Å²) < 4.78 is 39.6. The highest BCUT2D eigenvalue weighted by Gasteiger charge is 2.29. The number of rotatable bonds is 8. The fraction of sp³-hybridized carbons (Fsp3) is 0.458. The summed E-state index contributed by atoms with van der Waals surface area (Å²) >= 11 is 0.